The summed E-state index contributed by atoms with van der Waals surface area (Å²) in [4.78, 5) is 13.6. The maximum Gasteiger partial charge on any atom is 0.233 e. The first-order valence-electron chi connectivity index (χ1n) is 9.33. The van der Waals surface area contributed by atoms with Crippen LogP contribution in [0.3, 0.4) is 0 Å². The molecule has 0 saturated carbocycles. The Kier molecular flexibility index (Phi) is 6.09. The van der Waals surface area contributed by atoms with Crippen molar-refractivity contribution in [3.05, 3.63) is 47.8 Å². The zero-order chi connectivity index (χ0) is 19.3. The van der Waals surface area contributed by atoms with Gasteiger partial charge in [0.05, 0.1) is 16.2 Å². The quantitative estimate of drug-likeness (QED) is 0.596. The van der Waals surface area contributed by atoms with Crippen LogP contribution in [-0.4, -0.2) is 45.2 Å². The van der Waals surface area contributed by atoms with Gasteiger partial charge >= 0.3 is 0 Å². The molecule has 4 rings (SSSR count). The smallest absolute Gasteiger partial charge is 0.233 e. The molecule has 1 fully saturated rings. The molecular formula is C20H22N4O2S2. The fourth-order valence-corrected chi connectivity index (χ4v) is 4.69. The van der Waals surface area contributed by atoms with Gasteiger partial charge in [-0.25, -0.2) is 0 Å². The Labute approximate surface area is 172 Å². The summed E-state index contributed by atoms with van der Waals surface area (Å²) in [7, 11) is 0. The molecule has 0 unspecified atom stereocenters. The molecule has 146 valence electrons. The van der Waals surface area contributed by atoms with E-state index in [1.165, 1.54) is 11.8 Å². The van der Waals surface area contributed by atoms with E-state index in [2.05, 4.69) is 15.5 Å². The Morgan fingerprint density at radius 3 is 2.89 bits per heavy atom. The summed E-state index contributed by atoms with van der Waals surface area (Å²) < 4.78 is 7.59. The first-order valence-corrected chi connectivity index (χ1v) is 11.1. The van der Waals surface area contributed by atoms with E-state index in [-0.39, 0.29) is 17.3 Å². The van der Waals surface area contributed by atoms with Gasteiger partial charge < -0.3 is 10.1 Å². The number of para-hydroxylation sites is 1. The third-order valence-corrected chi connectivity index (χ3v) is 6.48. The molecule has 1 aromatic carbocycles. The van der Waals surface area contributed by atoms with Crippen molar-refractivity contribution >= 4 is 29.0 Å². The van der Waals surface area contributed by atoms with Crippen molar-refractivity contribution in [3.63, 3.8) is 0 Å². The van der Waals surface area contributed by atoms with E-state index in [4.69, 9.17) is 4.74 Å². The fourth-order valence-electron chi connectivity index (χ4n) is 3.10. The Morgan fingerprint density at radius 2 is 2.18 bits per heavy atom. The summed E-state index contributed by atoms with van der Waals surface area (Å²) in [6.45, 7) is 3.25. The van der Waals surface area contributed by atoms with Gasteiger partial charge in [0.25, 0.3) is 0 Å². The van der Waals surface area contributed by atoms with E-state index in [0.29, 0.717) is 11.7 Å². The molecule has 3 aromatic rings. The second kappa shape index (κ2) is 8.89. The molecular weight excluding hydrogens is 392 g/mol. The Morgan fingerprint density at radius 1 is 1.32 bits per heavy atom. The number of thiophene rings is 1. The summed E-state index contributed by atoms with van der Waals surface area (Å²) in [6, 6.07) is 14.0. The number of carbonyl (C=O) groups excluding carboxylic acids is 1. The summed E-state index contributed by atoms with van der Waals surface area (Å²) in [6.07, 6.45) is 2.21. The zero-order valence-corrected chi connectivity index (χ0v) is 17.2. The van der Waals surface area contributed by atoms with Crippen LogP contribution in [-0.2, 0) is 9.53 Å². The molecule has 8 heteroatoms. The topological polar surface area (TPSA) is 69.0 Å². The lowest BCUT2D eigenvalue weighted by Crippen LogP contribution is -2.36. The van der Waals surface area contributed by atoms with Crippen LogP contribution >= 0.6 is 23.1 Å². The van der Waals surface area contributed by atoms with E-state index < -0.39 is 0 Å². The average Bonchev–Trinajstić information content (AvgIpc) is 3.47. The van der Waals surface area contributed by atoms with Gasteiger partial charge in [0, 0.05) is 18.8 Å². The van der Waals surface area contributed by atoms with Gasteiger partial charge in [-0.3, -0.25) is 9.36 Å². The van der Waals surface area contributed by atoms with Gasteiger partial charge in [-0.2, -0.15) is 0 Å². The largest absolute Gasteiger partial charge is 0.376 e. The number of thioether (sulfide) groups is 1. The Hall–Kier alpha value is -2.16. The Balaban J connectivity index is 1.53. The van der Waals surface area contributed by atoms with Crippen LogP contribution in [0.15, 0.2) is 53.0 Å². The minimum absolute atomic E-state index is 0.0132. The van der Waals surface area contributed by atoms with Crippen LogP contribution < -0.4 is 5.32 Å². The van der Waals surface area contributed by atoms with E-state index >= 15 is 0 Å². The fraction of sp³-hybridized carbons (Fsp3) is 0.350. The number of carbonyl (C=O) groups is 1. The highest BCUT2D eigenvalue weighted by molar-refractivity contribution is 8.00. The maximum absolute atomic E-state index is 12.5. The lowest BCUT2D eigenvalue weighted by Gasteiger charge is -2.15. The van der Waals surface area contributed by atoms with Gasteiger partial charge in [0.15, 0.2) is 11.0 Å². The highest BCUT2D eigenvalue weighted by Gasteiger charge is 2.23. The first-order chi connectivity index (χ1) is 13.7. The molecule has 1 amide bonds. The number of nitrogens with zero attached hydrogens (tertiary/aromatic N) is 3. The average molecular weight is 415 g/mol. The molecule has 2 aromatic heterocycles. The summed E-state index contributed by atoms with van der Waals surface area (Å²) in [5.41, 5.74) is 0.977. The van der Waals surface area contributed by atoms with Crippen molar-refractivity contribution in [2.45, 2.75) is 36.3 Å². The molecule has 1 aliphatic rings. The van der Waals surface area contributed by atoms with Crippen molar-refractivity contribution in [1.29, 1.82) is 0 Å². The number of amides is 1. The minimum Gasteiger partial charge on any atom is -0.376 e. The second-order valence-corrected chi connectivity index (χ2v) is 8.85. The summed E-state index contributed by atoms with van der Waals surface area (Å²) >= 11 is 3.03. The van der Waals surface area contributed by atoms with E-state index in [1.807, 2.05) is 59.3 Å². The van der Waals surface area contributed by atoms with Crippen molar-refractivity contribution in [1.82, 2.24) is 20.1 Å². The Bertz CT molecular complexity index is 906. The van der Waals surface area contributed by atoms with Crippen molar-refractivity contribution in [3.8, 4) is 16.4 Å². The molecule has 0 bridgehead atoms. The number of ether oxygens (including phenoxy) is 1. The molecule has 1 aliphatic heterocycles. The molecule has 0 radical (unpaired) electrons. The highest BCUT2D eigenvalue weighted by Crippen LogP contribution is 2.32. The van der Waals surface area contributed by atoms with E-state index in [9.17, 15) is 4.79 Å². The molecule has 3 heterocycles. The second-order valence-electron chi connectivity index (χ2n) is 6.59. The SMILES string of the molecule is C[C@H](Sc1nnc(-c2cccs2)n1-c1ccccc1)C(=O)NC[C@@H]1CCCO1. The first kappa shape index (κ1) is 19.2. The number of hydrogen-bond acceptors (Lipinski definition) is 6. The summed E-state index contributed by atoms with van der Waals surface area (Å²) in [5, 5.41) is 14.2. The van der Waals surface area contributed by atoms with Gasteiger partial charge in [0.2, 0.25) is 5.91 Å². The molecule has 1 N–H and O–H groups in total. The third kappa shape index (κ3) is 4.29. The van der Waals surface area contributed by atoms with Crippen molar-refractivity contribution in [2.75, 3.05) is 13.2 Å². The van der Waals surface area contributed by atoms with E-state index in [0.717, 1.165) is 35.8 Å². The molecule has 0 aliphatic carbocycles. The van der Waals surface area contributed by atoms with Gasteiger partial charge in [-0.1, -0.05) is 36.0 Å². The van der Waals surface area contributed by atoms with Crippen LogP contribution in [0.4, 0.5) is 0 Å². The van der Waals surface area contributed by atoms with Crippen LogP contribution in [0, 0.1) is 0 Å². The number of rotatable bonds is 7. The zero-order valence-electron chi connectivity index (χ0n) is 15.6. The maximum atomic E-state index is 12.5. The van der Waals surface area contributed by atoms with Crippen LogP contribution in [0.2, 0.25) is 0 Å². The number of benzene rings is 1. The van der Waals surface area contributed by atoms with Crippen LogP contribution in [0.5, 0.6) is 0 Å². The predicted molar refractivity (Wildman–Crippen MR) is 112 cm³/mol. The van der Waals surface area contributed by atoms with Gasteiger partial charge in [-0.05, 0) is 43.3 Å². The number of nitrogens with one attached hydrogen (secondary N) is 1. The van der Waals surface area contributed by atoms with Crippen molar-refractivity contribution < 1.29 is 9.53 Å². The standard InChI is InChI=1S/C20H22N4O2S2/c1-14(19(25)21-13-16-9-5-11-26-16)28-20-23-22-18(17-10-6-12-27-17)24(20)15-7-3-2-4-8-15/h2-4,6-8,10,12,14,16H,5,9,11,13H2,1H3,(H,21,25)/t14-,16-/m0/s1. The predicted octanol–water partition coefficient (Wildman–Crippen LogP) is 3.77. The van der Waals surface area contributed by atoms with E-state index in [1.54, 1.807) is 11.3 Å². The molecule has 2 atom stereocenters. The number of aromatic nitrogens is 3. The highest BCUT2D eigenvalue weighted by atomic mass is 32.2. The van der Waals surface area contributed by atoms with Gasteiger partial charge in [0.1, 0.15) is 0 Å². The van der Waals surface area contributed by atoms with Crippen LogP contribution in [0.1, 0.15) is 19.8 Å². The van der Waals surface area contributed by atoms with Gasteiger partial charge in [-0.15, -0.1) is 21.5 Å². The number of hydrogen-bond donors (Lipinski definition) is 1. The van der Waals surface area contributed by atoms with Crippen molar-refractivity contribution in [2.24, 2.45) is 0 Å². The normalized spacial score (nSPS) is 17.5. The molecule has 0 spiro atoms. The van der Waals surface area contributed by atoms with Crippen LogP contribution in [0.25, 0.3) is 16.4 Å². The summed E-state index contributed by atoms with van der Waals surface area (Å²) in [5.74, 6) is 0.774. The lowest BCUT2D eigenvalue weighted by molar-refractivity contribution is -0.120. The minimum atomic E-state index is -0.288. The molecule has 1 saturated heterocycles. The lowest BCUT2D eigenvalue weighted by atomic mass is 10.2. The molecule has 28 heavy (non-hydrogen) atoms. The monoisotopic (exact) mass is 414 g/mol. The third-order valence-electron chi connectivity index (χ3n) is 4.57. The molecule has 6 nitrogen and oxygen atoms in total.